The molecule has 0 bridgehead atoms. The van der Waals surface area contributed by atoms with E-state index < -0.39 is 0 Å². The lowest BCUT2D eigenvalue weighted by molar-refractivity contribution is -0.137. The smallest absolute Gasteiger partial charge is 0.330 e. The molecule has 0 saturated carbocycles. The summed E-state index contributed by atoms with van der Waals surface area (Å²) in [6.45, 7) is 7.97. The third-order valence-corrected chi connectivity index (χ3v) is 1.69. The number of carbonyl (C=O) groups is 1. The number of aromatic nitrogens is 2. The van der Waals surface area contributed by atoms with Gasteiger partial charge in [0.1, 0.15) is 6.61 Å². The monoisotopic (exact) mass is 237 g/mol. The minimum Gasteiger partial charge on any atom is -0.461 e. The second-order valence-electron chi connectivity index (χ2n) is 3.37. The third kappa shape index (κ3) is 9.07. The average molecular weight is 237 g/mol. The summed E-state index contributed by atoms with van der Waals surface area (Å²) in [6, 6.07) is 0. The number of nitrogens with zero attached hydrogens (tertiary/aromatic N) is 3. The van der Waals surface area contributed by atoms with Crippen LogP contribution in [-0.4, -0.2) is 47.7 Å². The van der Waals surface area contributed by atoms with Crippen LogP contribution in [0.5, 0.6) is 0 Å². The molecule has 0 spiro atoms. The summed E-state index contributed by atoms with van der Waals surface area (Å²) in [4.78, 5) is 16.2. The highest BCUT2D eigenvalue weighted by molar-refractivity contribution is 5.81. The Morgan fingerprint density at radius 2 is 2.24 bits per heavy atom. The Balaban J connectivity index is 0.000000318. The van der Waals surface area contributed by atoms with Gasteiger partial charge in [0, 0.05) is 31.2 Å². The molecular formula is C12H19N3O2. The van der Waals surface area contributed by atoms with E-state index in [1.165, 1.54) is 0 Å². The van der Waals surface area contributed by atoms with Gasteiger partial charge in [-0.2, -0.15) is 0 Å². The Morgan fingerprint density at radius 1 is 1.53 bits per heavy atom. The largest absolute Gasteiger partial charge is 0.461 e. The fraction of sp³-hybridized carbons (Fsp3) is 0.333. The highest BCUT2D eigenvalue weighted by atomic mass is 16.5. The van der Waals surface area contributed by atoms with E-state index in [-0.39, 0.29) is 5.97 Å². The molecule has 1 aromatic rings. The minimum atomic E-state index is -0.359. The molecule has 0 N–H and O–H groups in total. The van der Waals surface area contributed by atoms with E-state index in [1.807, 2.05) is 25.2 Å². The van der Waals surface area contributed by atoms with Crippen molar-refractivity contribution < 1.29 is 9.53 Å². The zero-order valence-electron chi connectivity index (χ0n) is 10.4. The molecule has 1 heterocycles. The zero-order valence-corrected chi connectivity index (χ0v) is 10.4. The number of rotatable bonds is 5. The van der Waals surface area contributed by atoms with Gasteiger partial charge in [0.25, 0.3) is 0 Å². The van der Waals surface area contributed by atoms with E-state index in [2.05, 4.69) is 18.1 Å². The normalized spacial score (nSPS) is 9.12. The van der Waals surface area contributed by atoms with Crippen LogP contribution < -0.4 is 0 Å². The van der Waals surface area contributed by atoms with Crippen molar-refractivity contribution in [3.05, 3.63) is 38.0 Å². The first kappa shape index (κ1) is 15.1. The van der Waals surface area contributed by atoms with Crippen molar-refractivity contribution in [3.63, 3.8) is 0 Å². The molecule has 17 heavy (non-hydrogen) atoms. The van der Waals surface area contributed by atoms with Crippen LogP contribution in [-0.2, 0) is 9.53 Å². The van der Waals surface area contributed by atoms with Crippen LogP contribution in [0.2, 0.25) is 0 Å². The predicted molar refractivity (Wildman–Crippen MR) is 68.3 cm³/mol. The molecule has 0 atom stereocenters. The molecule has 0 unspecified atom stereocenters. The van der Waals surface area contributed by atoms with Gasteiger partial charge in [-0.05, 0) is 14.1 Å². The zero-order chi connectivity index (χ0) is 13.1. The van der Waals surface area contributed by atoms with Gasteiger partial charge in [-0.1, -0.05) is 13.2 Å². The highest BCUT2D eigenvalue weighted by Gasteiger charge is 1.94. The predicted octanol–water partition coefficient (Wildman–Crippen LogP) is 1.26. The lowest BCUT2D eigenvalue weighted by Gasteiger charge is -2.07. The van der Waals surface area contributed by atoms with Gasteiger partial charge in [0.05, 0.1) is 6.33 Å². The number of carbonyl (C=O) groups excluding carboxylic acids is 1. The number of hydrogen-bond donors (Lipinski definition) is 0. The highest BCUT2D eigenvalue weighted by Crippen LogP contribution is 1.81. The van der Waals surface area contributed by atoms with Crippen LogP contribution in [0.25, 0.3) is 6.20 Å². The molecule has 0 saturated heterocycles. The Kier molecular flexibility index (Phi) is 8.32. The second-order valence-corrected chi connectivity index (χ2v) is 3.37. The Hall–Kier alpha value is -1.88. The van der Waals surface area contributed by atoms with E-state index in [4.69, 9.17) is 4.74 Å². The van der Waals surface area contributed by atoms with E-state index in [9.17, 15) is 4.79 Å². The fourth-order valence-electron chi connectivity index (χ4n) is 0.765. The standard InChI is InChI=1S/C7H13NO2.C5H6N2/c1-4-7(9)10-6-5-8(2)3;1-2-7-4-3-6-5-7/h4H,1,5-6H2,2-3H3;2-5H,1H2. The number of hydrogen-bond acceptors (Lipinski definition) is 4. The molecule has 0 radical (unpaired) electrons. The number of ether oxygens (including phenoxy) is 1. The van der Waals surface area contributed by atoms with Crippen molar-refractivity contribution in [1.29, 1.82) is 0 Å². The SMILES string of the molecule is C=CC(=O)OCCN(C)C.C=Cn1ccnc1. The van der Waals surface area contributed by atoms with E-state index in [0.717, 1.165) is 12.6 Å². The van der Waals surface area contributed by atoms with Crippen molar-refractivity contribution >= 4 is 12.2 Å². The Morgan fingerprint density at radius 3 is 2.59 bits per heavy atom. The van der Waals surface area contributed by atoms with Gasteiger partial charge in [-0.25, -0.2) is 9.78 Å². The Bertz CT molecular complexity index is 332. The molecule has 5 nitrogen and oxygen atoms in total. The average Bonchev–Trinajstić information content (AvgIpc) is 2.82. The third-order valence-electron chi connectivity index (χ3n) is 1.69. The van der Waals surface area contributed by atoms with Gasteiger partial charge in [0.15, 0.2) is 0 Å². The maximum absolute atomic E-state index is 10.4. The molecular weight excluding hydrogens is 218 g/mol. The molecule has 94 valence electrons. The summed E-state index contributed by atoms with van der Waals surface area (Å²) in [5, 5.41) is 0. The van der Waals surface area contributed by atoms with Gasteiger partial charge >= 0.3 is 5.97 Å². The maximum atomic E-state index is 10.4. The van der Waals surface area contributed by atoms with Crippen molar-refractivity contribution in [1.82, 2.24) is 14.5 Å². The van der Waals surface area contributed by atoms with Crippen molar-refractivity contribution in [2.45, 2.75) is 0 Å². The van der Waals surface area contributed by atoms with Gasteiger partial charge in [-0.15, -0.1) is 0 Å². The molecule has 0 aromatic carbocycles. The van der Waals surface area contributed by atoms with Crippen LogP contribution in [0.4, 0.5) is 0 Å². The fourth-order valence-corrected chi connectivity index (χ4v) is 0.765. The minimum absolute atomic E-state index is 0.359. The Labute approximate surface area is 102 Å². The molecule has 0 aliphatic carbocycles. The van der Waals surface area contributed by atoms with Crippen LogP contribution >= 0.6 is 0 Å². The van der Waals surface area contributed by atoms with Crippen LogP contribution in [0.1, 0.15) is 0 Å². The van der Waals surface area contributed by atoms with E-state index in [1.54, 1.807) is 23.3 Å². The summed E-state index contributed by atoms with van der Waals surface area (Å²) >= 11 is 0. The molecule has 0 aliphatic heterocycles. The molecule has 1 rings (SSSR count). The van der Waals surface area contributed by atoms with E-state index >= 15 is 0 Å². The first-order valence-electron chi connectivity index (χ1n) is 5.14. The summed E-state index contributed by atoms with van der Waals surface area (Å²) in [6.07, 6.45) is 8.07. The summed E-state index contributed by atoms with van der Waals surface area (Å²) < 4.78 is 6.48. The molecule has 0 amide bonds. The first-order valence-corrected chi connectivity index (χ1v) is 5.14. The van der Waals surface area contributed by atoms with Crippen molar-refractivity contribution in [2.75, 3.05) is 27.2 Å². The van der Waals surface area contributed by atoms with Gasteiger partial charge in [-0.3, -0.25) is 0 Å². The summed E-state index contributed by atoms with van der Waals surface area (Å²) in [5.74, 6) is -0.359. The molecule has 1 aromatic heterocycles. The van der Waals surface area contributed by atoms with Crippen molar-refractivity contribution in [2.24, 2.45) is 0 Å². The number of imidazole rings is 1. The second kappa shape index (κ2) is 9.35. The molecule has 5 heteroatoms. The topological polar surface area (TPSA) is 47.4 Å². The van der Waals surface area contributed by atoms with Crippen molar-refractivity contribution in [3.8, 4) is 0 Å². The molecule has 0 fully saturated rings. The quantitative estimate of drug-likeness (QED) is 0.571. The lowest BCUT2D eigenvalue weighted by atomic mass is 10.6. The maximum Gasteiger partial charge on any atom is 0.330 e. The van der Waals surface area contributed by atoms with Crippen LogP contribution in [0, 0.1) is 0 Å². The van der Waals surface area contributed by atoms with Crippen LogP contribution in [0.3, 0.4) is 0 Å². The number of esters is 1. The number of likely N-dealkylation sites (N-methyl/N-ethyl adjacent to an activating group) is 1. The van der Waals surface area contributed by atoms with Gasteiger partial charge in [0.2, 0.25) is 0 Å². The van der Waals surface area contributed by atoms with Gasteiger partial charge < -0.3 is 14.2 Å². The first-order chi connectivity index (χ1) is 8.10. The lowest BCUT2D eigenvalue weighted by Crippen LogP contribution is -2.19. The van der Waals surface area contributed by atoms with Crippen LogP contribution in [0.15, 0.2) is 38.0 Å². The van der Waals surface area contributed by atoms with E-state index in [0.29, 0.717) is 6.61 Å². The summed E-state index contributed by atoms with van der Waals surface area (Å²) in [7, 11) is 3.84. The summed E-state index contributed by atoms with van der Waals surface area (Å²) in [5.41, 5.74) is 0. The molecule has 0 aliphatic rings.